The van der Waals surface area contributed by atoms with Crippen molar-refractivity contribution in [3.63, 3.8) is 0 Å². The molecule has 7 heteroatoms. The van der Waals surface area contributed by atoms with Crippen LogP contribution in [0.15, 0.2) is 6.20 Å². The molecular formula is C7H12N4O3. The maximum atomic E-state index is 11.6. The Morgan fingerprint density at radius 2 is 2.07 bits per heavy atom. The zero-order chi connectivity index (χ0) is 10.4. The minimum absolute atomic E-state index is 0.149. The topological polar surface area (TPSA) is 102 Å². The summed E-state index contributed by atoms with van der Waals surface area (Å²) in [7, 11) is 0. The molecule has 0 atom stereocenters. The molecule has 1 aromatic rings. The SMILES string of the molecule is O=C(c1cn[nH]n1)N(CCO)CCO. The predicted molar refractivity (Wildman–Crippen MR) is 46.5 cm³/mol. The number of rotatable bonds is 5. The Balaban J connectivity index is 2.63. The zero-order valence-electron chi connectivity index (χ0n) is 7.55. The fourth-order valence-corrected chi connectivity index (χ4v) is 1.02. The molecule has 0 aliphatic carbocycles. The van der Waals surface area contributed by atoms with Crippen LogP contribution < -0.4 is 0 Å². The number of aliphatic hydroxyl groups excluding tert-OH is 2. The van der Waals surface area contributed by atoms with E-state index in [1.807, 2.05) is 0 Å². The van der Waals surface area contributed by atoms with Gasteiger partial charge in [0.05, 0.1) is 19.4 Å². The number of H-pyrrole nitrogens is 1. The number of aliphatic hydroxyl groups is 2. The first-order valence-corrected chi connectivity index (χ1v) is 4.16. The number of hydrogen-bond donors (Lipinski definition) is 3. The summed E-state index contributed by atoms with van der Waals surface area (Å²) in [6, 6.07) is 0. The number of carbonyl (C=O) groups is 1. The quantitative estimate of drug-likeness (QED) is 0.522. The Hall–Kier alpha value is -1.47. The van der Waals surface area contributed by atoms with Crippen molar-refractivity contribution in [1.82, 2.24) is 20.3 Å². The standard InChI is InChI=1S/C7H12N4O3/c12-3-1-11(2-4-13)7(14)6-5-8-10-9-6/h5,12-13H,1-4H2,(H,8,9,10). The highest BCUT2D eigenvalue weighted by Gasteiger charge is 2.16. The van der Waals surface area contributed by atoms with Crippen molar-refractivity contribution in [3.8, 4) is 0 Å². The van der Waals surface area contributed by atoms with E-state index in [0.29, 0.717) is 0 Å². The highest BCUT2D eigenvalue weighted by atomic mass is 16.3. The van der Waals surface area contributed by atoms with E-state index in [2.05, 4.69) is 15.4 Å². The van der Waals surface area contributed by atoms with E-state index in [0.717, 1.165) is 0 Å². The summed E-state index contributed by atoms with van der Waals surface area (Å²) in [5.41, 5.74) is 0.173. The third-order valence-corrected chi connectivity index (χ3v) is 1.66. The highest BCUT2D eigenvalue weighted by Crippen LogP contribution is 1.98. The highest BCUT2D eigenvalue weighted by molar-refractivity contribution is 5.91. The normalized spacial score (nSPS) is 10.1. The van der Waals surface area contributed by atoms with E-state index >= 15 is 0 Å². The first kappa shape index (κ1) is 10.6. The molecule has 0 aliphatic rings. The van der Waals surface area contributed by atoms with Crippen LogP contribution in [0, 0.1) is 0 Å². The molecule has 0 spiro atoms. The van der Waals surface area contributed by atoms with Crippen LogP contribution in [0.5, 0.6) is 0 Å². The third kappa shape index (κ3) is 2.51. The van der Waals surface area contributed by atoms with Gasteiger partial charge >= 0.3 is 0 Å². The molecule has 0 fully saturated rings. The van der Waals surface area contributed by atoms with E-state index in [9.17, 15) is 4.79 Å². The van der Waals surface area contributed by atoms with E-state index in [1.165, 1.54) is 11.1 Å². The van der Waals surface area contributed by atoms with Gasteiger partial charge in [-0.15, -0.1) is 0 Å². The van der Waals surface area contributed by atoms with Gasteiger partial charge in [-0.05, 0) is 0 Å². The fourth-order valence-electron chi connectivity index (χ4n) is 1.02. The van der Waals surface area contributed by atoms with Crippen molar-refractivity contribution in [2.75, 3.05) is 26.3 Å². The van der Waals surface area contributed by atoms with Gasteiger partial charge in [0.1, 0.15) is 0 Å². The second kappa shape index (κ2) is 5.30. The van der Waals surface area contributed by atoms with Crippen molar-refractivity contribution in [3.05, 3.63) is 11.9 Å². The van der Waals surface area contributed by atoms with Gasteiger partial charge in [0.2, 0.25) is 0 Å². The van der Waals surface area contributed by atoms with Gasteiger partial charge in [-0.25, -0.2) is 0 Å². The van der Waals surface area contributed by atoms with Crippen molar-refractivity contribution in [2.45, 2.75) is 0 Å². The fraction of sp³-hybridized carbons (Fsp3) is 0.571. The van der Waals surface area contributed by atoms with Gasteiger partial charge < -0.3 is 15.1 Å². The Labute approximate surface area is 80.4 Å². The summed E-state index contributed by atoms with van der Waals surface area (Å²) in [6.07, 6.45) is 1.30. The van der Waals surface area contributed by atoms with Gasteiger partial charge in [-0.1, -0.05) is 0 Å². The summed E-state index contributed by atoms with van der Waals surface area (Å²) >= 11 is 0. The van der Waals surface area contributed by atoms with Crippen molar-refractivity contribution in [1.29, 1.82) is 0 Å². The lowest BCUT2D eigenvalue weighted by atomic mass is 10.3. The number of amides is 1. The maximum Gasteiger partial charge on any atom is 0.276 e. The lowest BCUT2D eigenvalue weighted by Gasteiger charge is -2.18. The van der Waals surface area contributed by atoms with Gasteiger partial charge in [-0.2, -0.15) is 15.4 Å². The molecule has 0 saturated carbocycles. The van der Waals surface area contributed by atoms with Crippen LogP contribution in [-0.4, -0.2) is 62.7 Å². The minimum atomic E-state index is -0.359. The van der Waals surface area contributed by atoms with Crippen molar-refractivity contribution < 1.29 is 15.0 Å². The van der Waals surface area contributed by atoms with E-state index in [-0.39, 0.29) is 37.9 Å². The first-order chi connectivity index (χ1) is 6.79. The van der Waals surface area contributed by atoms with Crippen LogP contribution in [0.4, 0.5) is 0 Å². The average Bonchev–Trinajstić information content (AvgIpc) is 2.69. The zero-order valence-corrected chi connectivity index (χ0v) is 7.55. The van der Waals surface area contributed by atoms with Crippen LogP contribution in [-0.2, 0) is 0 Å². The smallest absolute Gasteiger partial charge is 0.276 e. The van der Waals surface area contributed by atoms with E-state index in [1.54, 1.807) is 0 Å². The summed E-state index contributed by atoms with van der Waals surface area (Å²) < 4.78 is 0. The van der Waals surface area contributed by atoms with Crippen LogP contribution in [0.3, 0.4) is 0 Å². The van der Waals surface area contributed by atoms with Gasteiger partial charge in [0, 0.05) is 13.1 Å². The molecule has 0 saturated heterocycles. The van der Waals surface area contributed by atoms with Crippen LogP contribution in [0.2, 0.25) is 0 Å². The molecule has 0 unspecified atom stereocenters. The van der Waals surface area contributed by atoms with Crippen molar-refractivity contribution >= 4 is 5.91 Å². The molecule has 1 rings (SSSR count). The molecular weight excluding hydrogens is 188 g/mol. The molecule has 78 valence electrons. The summed E-state index contributed by atoms with van der Waals surface area (Å²) in [6.45, 7) is 0.0473. The Kier molecular flexibility index (Phi) is 4.02. The van der Waals surface area contributed by atoms with Gasteiger partial charge in [0.25, 0.3) is 5.91 Å². The Morgan fingerprint density at radius 1 is 1.43 bits per heavy atom. The first-order valence-electron chi connectivity index (χ1n) is 4.16. The van der Waals surface area contributed by atoms with E-state index in [4.69, 9.17) is 10.2 Å². The monoisotopic (exact) mass is 200 g/mol. The molecule has 0 aliphatic heterocycles. The Bertz CT molecular complexity index is 268. The molecule has 0 aromatic carbocycles. The molecule has 1 aromatic heterocycles. The largest absolute Gasteiger partial charge is 0.395 e. The average molecular weight is 200 g/mol. The number of carbonyl (C=O) groups excluding carboxylic acids is 1. The second-order valence-corrected chi connectivity index (χ2v) is 2.59. The number of nitrogens with zero attached hydrogens (tertiary/aromatic N) is 3. The third-order valence-electron chi connectivity index (χ3n) is 1.66. The maximum absolute atomic E-state index is 11.6. The van der Waals surface area contributed by atoms with E-state index < -0.39 is 0 Å². The molecule has 14 heavy (non-hydrogen) atoms. The number of nitrogens with one attached hydrogen (secondary N) is 1. The summed E-state index contributed by atoms with van der Waals surface area (Å²) in [5.74, 6) is -0.359. The number of aromatic nitrogens is 3. The summed E-state index contributed by atoms with van der Waals surface area (Å²) in [5, 5.41) is 26.8. The molecule has 0 bridgehead atoms. The summed E-state index contributed by atoms with van der Waals surface area (Å²) in [4.78, 5) is 12.9. The lowest BCUT2D eigenvalue weighted by Crippen LogP contribution is -2.36. The minimum Gasteiger partial charge on any atom is -0.395 e. The second-order valence-electron chi connectivity index (χ2n) is 2.59. The molecule has 1 amide bonds. The van der Waals surface area contributed by atoms with Crippen LogP contribution in [0.25, 0.3) is 0 Å². The number of hydrogen-bond acceptors (Lipinski definition) is 5. The van der Waals surface area contributed by atoms with Crippen LogP contribution in [0.1, 0.15) is 10.5 Å². The molecule has 3 N–H and O–H groups in total. The number of aromatic amines is 1. The Morgan fingerprint density at radius 3 is 2.50 bits per heavy atom. The predicted octanol–water partition coefficient (Wildman–Crippen LogP) is -1.77. The molecule has 7 nitrogen and oxygen atoms in total. The van der Waals surface area contributed by atoms with Crippen molar-refractivity contribution in [2.24, 2.45) is 0 Å². The van der Waals surface area contributed by atoms with Crippen LogP contribution >= 0.6 is 0 Å². The molecule has 1 heterocycles. The van der Waals surface area contributed by atoms with Gasteiger partial charge in [0.15, 0.2) is 5.69 Å². The van der Waals surface area contributed by atoms with Gasteiger partial charge in [-0.3, -0.25) is 4.79 Å². The lowest BCUT2D eigenvalue weighted by molar-refractivity contribution is 0.0679. The molecule has 0 radical (unpaired) electrons.